The maximum atomic E-state index is 13.5. The van der Waals surface area contributed by atoms with Gasteiger partial charge in [-0.1, -0.05) is 30.3 Å². The summed E-state index contributed by atoms with van der Waals surface area (Å²) in [4.78, 5) is 32.9. The highest BCUT2D eigenvalue weighted by Gasteiger charge is 2.31. The number of aryl methyl sites for hydroxylation is 1. The fourth-order valence-corrected chi connectivity index (χ4v) is 3.43. The number of nitrogens with zero attached hydrogens (tertiary/aromatic N) is 3. The molecule has 4 rings (SSSR count). The van der Waals surface area contributed by atoms with Crippen molar-refractivity contribution < 1.29 is 14.0 Å². The second-order valence-electron chi connectivity index (χ2n) is 8.48. The van der Waals surface area contributed by atoms with Gasteiger partial charge < -0.3 is 10.3 Å². The van der Waals surface area contributed by atoms with Crippen molar-refractivity contribution >= 4 is 17.8 Å². The van der Waals surface area contributed by atoms with E-state index in [0.717, 1.165) is 11.1 Å². The van der Waals surface area contributed by atoms with Gasteiger partial charge in [-0.15, -0.1) is 5.10 Å². The average Bonchev–Trinajstić information content (AvgIpc) is 3.40. The summed E-state index contributed by atoms with van der Waals surface area (Å²) in [7, 11) is 0. The van der Waals surface area contributed by atoms with Crippen molar-refractivity contribution in [1.29, 1.82) is 0 Å². The van der Waals surface area contributed by atoms with Crippen LogP contribution in [0, 0.1) is 12.7 Å². The Kier molecular flexibility index (Phi) is 6.27. The molecule has 8 nitrogen and oxygen atoms in total. The van der Waals surface area contributed by atoms with Crippen molar-refractivity contribution in [3.05, 3.63) is 89.5 Å². The SMILES string of the molecule is Cc1cc[nH]c1C(=O)NC(C)(C)C(=O)Nc1nc(-c2ccc(F)cc2)n(Cc2ccccc2)n1. The lowest BCUT2D eigenvalue weighted by atomic mass is 10.0. The van der Waals surface area contributed by atoms with Gasteiger partial charge in [-0.2, -0.15) is 4.98 Å². The van der Waals surface area contributed by atoms with E-state index in [1.165, 1.54) is 12.1 Å². The molecule has 174 valence electrons. The average molecular weight is 461 g/mol. The number of aromatic amines is 1. The van der Waals surface area contributed by atoms with Crippen LogP contribution in [0.15, 0.2) is 66.9 Å². The summed E-state index contributed by atoms with van der Waals surface area (Å²) in [6.07, 6.45) is 1.66. The summed E-state index contributed by atoms with van der Waals surface area (Å²) >= 11 is 0. The first-order chi connectivity index (χ1) is 16.2. The molecule has 0 saturated heterocycles. The molecule has 2 aromatic heterocycles. The number of H-pyrrole nitrogens is 1. The third-order valence-corrected chi connectivity index (χ3v) is 5.35. The Bertz CT molecular complexity index is 1310. The Labute approximate surface area is 196 Å². The fourth-order valence-electron chi connectivity index (χ4n) is 3.43. The highest BCUT2D eigenvalue weighted by atomic mass is 19.1. The van der Waals surface area contributed by atoms with E-state index in [1.54, 1.807) is 49.8 Å². The number of amides is 2. The van der Waals surface area contributed by atoms with Gasteiger partial charge in [-0.25, -0.2) is 9.07 Å². The lowest BCUT2D eigenvalue weighted by Crippen LogP contribution is -2.52. The van der Waals surface area contributed by atoms with E-state index >= 15 is 0 Å². The lowest BCUT2D eigenvalue weighted by molar-refractivity contribution is -0.121. The molecule has 9 heteroatoms. The van der Waals surface area contributed by atoms with E-state index in [1.807, 2.05) is 30.3 Å². The topological polar surface area (TPSA) is 105 Å². The van der Waals surface area contributed by atoms with Crippen LogP contribution in [-0.2, 0) is 11.3 Å². The predicted octanol–water partition coefficient (Wildman–Crippen LogP) is 3.92. The highest BCUT2D eigenvalue weighted by molar-refractivity contribution is 6.02. The van der Waals surface area contributed by atoms with Gasteiger partial charge in [-0.05, 0) is 62.2 Å². The molecule has 2 heterocycles. The number of nitrogens with one attached hydrogen (secondary N) is 3. The monoisotopic (exact) mass is 460 g/mol. The molecule has 0 saturated carbocycles. The number of aromatic nitrogens is 4. The summed E-state index contributed by atoms with van der Waals surface area (Å²) in [5.41, 5.74) is 1.57. The quantitative estimate of drug-likeness (QED) is 0.389. The number of halogens is 1. The molecule has 34 heavy (non-hydrogen) atoms. The van der Waals surface area contributed by atoms with Crippen LogP contribution in [0.25, 0.3) is 11.4 Å². The number of hydrogen-bond acceptors (Lipinski definition) is 4. The number of carbonyl (C=O) groups is 2. The lowest BCUT2D eigenvalue weighted by Gasteiger charge is -2.24. The molecule has 0 aliphatic carbocycles. The zero-order chi connectivity index (χ0) is 24.3. The second-order valence-corrected chi connectivity index (χ2v) is 8.48. The van der Waals surface area contributed by atoms with Gasteiger partial charge in [0.05, 0.1) is 6.54 Å². The molecule has 0 aliphatic rings. The molecule has 0 radical (unpaired) electrons. The van der Waals surface area contributed by atoms with Gasteiger partial charge >= 0.3 is 0 Å². The van der Waals surface area contributed by atoms with Crippen LogP contribution in [0.2, 0.25) is 0 Å². The van der Waals surface area contributed by atoms with Crippen LogP contribution in [0.1, 0.15) is 35.5 Å². The van der Waals surface area contributed by atoms with Crippen LogP contribution in [-0.4, -0.2) is 37.1 Å². The largest absolute Gasteiger partial charge is 0.357 e. The van der Waals surface area contributed by atoms with Crippen molar-refractivity contribution in [2.75, 3.05) is 5.32 Å². The van der Waals surface area contributed by atoms with Gasteiger partial charge in [0.1, 0.15) is 17.1 Å². The van der Waals surface area contributed by atoms with E-state index in [4.69, 9.17) is 0 Å². The van der Waals surface area contributed by atoms with E-state index < -0.39 is 17.4 Å². The zero-order valence-corrected chi connectivity index (χ0v) is 19.1. The van der Waals surface area contributed by atoms with Crippen LogP contribution in [0.5, 0.6) is 0 Å². The van der Waals surface area contributed by atoms with Crippen LogP contribution >= 0.6 is 0 Å². The Morgan fingerprint density at radius 3 is 2.41 bits per heavy atom. The van der Waals surface area contributed by atoms with E-state index in [9.17, 15) is 14.0 Å². The van der Waals surface area contributed by atoms with Crippen molar-refractivity contribution in [3.63, 3.8) is 0 Å². The summed E-state index contributed by atoms with van der Waals surface area (Å²) < 4.78 is 15.1. The van der Waals surface area contributed by atoms with Crippen LogP contribution in [0.3, 0.4) is 0 Å². The van der Waals surface area contributed by atoms with Crippen molar-refractivity contribution in [2.45, 2.75) is 32.9 Å². The number of rotatable bonds is 7. The van der Waals surface area contributed by atoms with E-state index in [2.05, 4.69) is 25.7 Å². The van der Waals surface area contributed by atoms with Gasteiger partial charge in [0.15, 0.2) is 5.82 Å². The first-order valence-corrected chi connectivity index (χ1v) is 10.8. The molecule has 0 spiro atoms. The maximum Gasteiger partial charge on any atom is 0.268 e. The Morgan fingerprint density at radius 2 is 1.76 bits per heavy atom. The van der Waals surface area contributed by atoms with E-state index in [0.29, 0.717) is 23.6 Å². The molecule has 0 bridgehead atoms. The Hall–Kier alpha value is -4.27. The molecule has 2 aromatic carbocycles. The second kappa shape index (κ2) is 9.30. The normalized spacial score (nSPS) is 11.3. The maximum absolute atomic E-state index is 13.5. The number of hydrogen-bond donors (Lipinski definition) is 3. The summed E-state index contributed by atoms with van der Waals surface area (Å²) in [5.74, 6) is -0.673. The number of benzene rings is 2. The fraction of sp³-hybridized carbons (Fsp3) is 0.200. The number of carbonyl (C=O) groups excluding carboxylic acids is 2. The Balaban J connectivity index is 1.57. The molecule has 4 aromatic rings. The molecule has 0 atom stereocenters. The Morgan fingerprint density at radius 1 is 1.06 bits per heavy atom. The van der Waals surface area contributed by atoms with Crippen LogP contribution in [0.4, 0.5) is 10.3 Å². The third-order valence-electron chi connectivity index (χ3n) is 5.35. The van der Waals surface area contributed by atoms with E-state index in [-0.39, 0.29) is 11.8 Å². The predicted molar refractivity (Wildman–Crippen MR) is 127 cm³/mol. The third kappa shape index (κ3) is 5.03. The van der Waals surface area contributed by atoms with Gasteiger partial charge in [0.2, 0.25) is 5.95 Å². The van der Waals surface area contributed by atoms with Crippen molar-refractivity contribution in [2.24, 2.45) is 0 Å². The smallest absolute Gasteiger partial charge is 0.268 e. The first kappa shape index (κ1) is 22.9. The molecular weight excluding hydrogens is 435 g/mol. The molecule has 0 aliphatic heterocycles. The highest BCUT2D eigenvalue weighted by Crippen LogP contribution is 2.21. The molecular formula is C25H25FN6O2. The summed E-state index contributed by atoms with van der Waals surface area (Å²) in [6.45, 7) is 5.40. The van der Waals surface area contributed by atoms with Crippen LogP contribution < -0.4 is 10.6 Å². The summed E-state index contributed by atoms with van der Waals surface area (Å²) in [5, 5.41) is 9.89. The number of anilines is 1. The standard InChI is InChI=1S/C25H25FN6O2/c1-16-13-14-27-20(16)22(33)30-25(2,3)23(34)29-24-28-21(18-9-11-19(26)12-10-18)32(31-24)15-17-7-5-4-6-8-17/h4-14,27H,15H2,1-3H3,(H,30,33)(H,29,31,34). The van der Waals surface area contributed by atoms with Gasteiger partial charge in [-0.3, -0.25) is 14.9 Å². The minimum Gasteiger partial charge on any atom is -0.357 e. The molecule has 0 unspecified atom stereocenters. The molecule has 3 N–H and O–H groups in total. The molecule has 2 amide bonds. The van der Waals surface area contributed by atoms with Gasteiger partial charge in [0, 0.05) is 11.8 Å². The summed E-state index contributed by atoms with van der Waals surface area (Å²) in [6, 6.07) is 17.3. The molecule has 0 fully saturated rings. The van der Waals surface area contributed by atoms with Crippen molar-refractivity contribution in [1.82, 2.24) is 25.1 Å². The minimum absolute atomic E-state index is 0.0821. The first-order valence-electron chi connectivity index (χ1n) is 10.8. The van der Waals surface area contributed by atoms with Crippen molar-refractivity contribution in [3.8, 4) is 11.4 Å². The van der Waals surface area contributed by atoms with Gasteiger partial charge in [0.25, 0.3) is 11.8 Å². The zero-order valence-electron chi connectivity index (χ0n) is 19.1. The minimum atomic E-state index is -1.24.